The first kappa shape index (κ1) is 16.2. The Labute approximate surface area is 118 Å². The monoisotopic (exact) mass is 263 g/mol. The van der Waals surface area contributed by atoms with E-state index in [0.29, 0.717) is 12.1 Å². The average molecular weight is 263 g/mol. The molecule has 0 fully saturated rings. The third-order valence-electron chi connectivity index (χ3n) is 3.30. The fourth-order valence-electron chi connectivity index (χ4n) is 2.04. The molecule has 0 saturated carbocycles. The van der Waals surface area contributed by atoms with Crippen LogP contribution in [0.15, 0.2) is 24.3 Å². The Balaban J connectivity index is 2.33. The Morgan fingerprint density at radius 3 is 2.37 bits per heavy atom. The van der Waals surface area contributed by atoms with Gasteiger partial charge in [-0.25, -0.2) is 0 Å². The van der Waals surface area contributed by atoms with Crippen LogP contribution in [-0.2, 0) is 11.2 Å². The van der Waals surface area contributed by atoms with E-state index in [0.717, 1.165) is 13.2 Å². The molecule has 0 aliphatic carbocycles. The molecule has 19 heavy (non-hydrogen) atoms. The van der Waals surface area contributed by atoms with E-state index in [4.69, 9.17) is 4.74 Å². The average Bonchev–Trinajstić information content (AvgIpc) is 2.41. The van der Waals surface area contributed by atoms with Gasteiger partial charge < -0.3 is 10.1 Å². The molecule has 1 unspecified atom stereocenters. The molecule has 2 heteroatoms. The number of unbranched alkanes of at least 4 members (excludes halogenated alkanes) is 1. The molecule has 0 aliphatic rings. The molecule has 0 aliphatic heterocycles. The van der Waals surface area contributed by atoms with E-state index in [1.54, 1.807) is 0 Å². The van der Waals surface area contributed by atoms with Gasteiger partial charge in [-0.1, -0.05) is 37.6 Å². The fourth-order valence-corrected chi connectivity index (χ4v) is 2.04. The molecule has 2 nitrogen and oxygen atoms in total. The van der Waals surface area contributed by atoms with Crippen LogP contribution in [0.5, 0.6) is 0 Å². The van der Waals surface area contributed by atoms with Crippen LogP contribution in [0.4, 0.5) is 0 Å². The zero-order chi connectivity index (χ0) is 14.1. The minimum absolute atomic E-state index is 0.315. The summed E-state index contributed by atoms with van der Waals surface area (Å²) >= 11 is 0. The summed E-state index contributed by atoms with van der Waals surface area (Å²) in [5.74, 6) is 0. The Bertz CT molecular complexity index is 332. The highest BCUT2D eigenvalue weighted by Crippen LogP contribution is 2.14. The number of benzene rings is 1. The van der Waals surface area contributed by atoms with E-state index in [-0.39, 0.29) is 0 Å². The lowest BCUT2D eigenvalue weighted by atomic mass is 10.0. The molecule has 0 saturated heterocycles. The third-order valence-corrected chi connectivity index (χ3v) is 3.30. The second kappa shape index (κ2) is 9.11. The second-order valence-electron chi connectivity index (χ2n) is 5.44. The van der Waals surface area contributed by atoms with Crippen LogP contribution in [0.25, 0.3) is 0 Å². The van der Waals surface area contributed by atoms with Gasteiger partial charge in [-0.05, 0) is 44.7 Å². The number of nitrogens with one attached hydrogen (secondary N) is 1. The van der Waals surface area contributed by atoms with Crippen molar-refractivity contribution in [1.82, 2.24) is 5.32 Å². The van der Waals surface area contributed by atoms with E-state index in [1.165, 1.54) is 30.4 Å². The van der Waals surface area contributed by atoms with E-state index < -0.39 is 0 Å². The topological polar surface area (TPSA) is 21.3 Å². The Morgan fingerprint density at radius 1 is 1.11 bits per heavy atom. The number of aryl methyl sites for hydroxylation is 1. The minimum atomic E-state index is 0.315. The van der Waals surface area contributed by atoms with Gasteiger partial charge >= 0.3 is 0 Å². The lowest BCUT2D eigenvalue weighted by molar-refractivity contribution is 0.0796. The molecule has 1 N–H and O–H groups in total. The van der Waals surface area contributed by atoms with Crippen molar-refractivity contribution in [2.24, 2.45) is 0 Å². The summed E-state index contributed by atoms with van der Waals surface area (Å²) in [5.41, 5.74) is 2.80. The van der Waals surface area contributed by atoms with E-state index >= 15 is 0 Å². The van der Waals surface area contributed by atoms with Crippen molar-refractivity contribution >= 4 is 0 Å². The maximum atomic E-state index is 5.53. The lowest BCUT2D eigenvalue weighted by Crippen LogP contribution is -2.24. The smallest absolute Gasteiger partial charge is 0.0594 e. The molecule has 0 spiro atoms. The summed E-state index contributed by atoms with van der Waals surface area (Å²) in [5, 5.41) is 3.49. The van der Waals surface area contributed by atoms with Crippen LogP contribution in [0.1, 0.15) is 57.7 Å². The molecule has 1 aromatic rings. The van der Waals surface area contributed by atoms with Gasteiger partial charge in [-0.3, -0.25) is 0 Å². The quantitative estimate of drug-likeness (QED) is 0.677. The first-order valence-corrected chi connectivity index (χ1v) is 7.57. The SMILES string of the molecule is CCCCc1ccc(C(C)NCCOC(C)C)cc1. The van der Waals surface area contributed by atoms with Crippen molar-refractivity contribution in [2.75, 3.05) is 13.2 Å². The van der Waals surface area contributed by atoms with Crippen LogP contribution in [0.3, 0.4) is 0 Å². The van der Waals surface area contributed by atoms with Gasteiger partial charge in [0.2, 0.25) is 0 Å². The lowest BCUT2D eigenvalue weighted by Gasteiger charge is -2.15. The number of hydrogen-bond donors (Lipinski definition) is 1. The van der Waals surface area contributed by atoms with E-state index in [2.05, 4.69) is 57.3 Å². The molecule has 0 bridgehead atoms. The first-order valence-electron chi connectivity index (χ1n) is 7.57. The van der Waals surface area contributed by atoms with Gasteiger partial charge in [-0.2, -0.15) is 0 Å². The molecule has 0 heterocycles. The standard InChI is InChI=1S/C17H29NO/c1-5-6-7-16-8-10-17(11-9-16)15(4)18-12-13-19-14(2)3/h8-11,14-15,18H,5-7,12-13H2,1-4H3. The van der Waals surface area contributed by atoms with Gasteiger partial charge in [0.25, 0.3) is 0 Å². The molecular formula is C17H29NO. The van der Waals surface area contributed by atoms with Crippen molar-refractivity contribution in [3.63, 3.8) is 0 Å². The summed E-state index contributed by atoms with van der Waals surface area (Å²) in [6, 6.07) is 9.38. The van der Waals surface area contributed by atoms with E-state index in [1.807, 2.05) is 0 Å². The predicted octanol–water partition coefficient (Wildman–Crippen LogP) is 4.10. The highest BCUT2D eigenvalue weighted by Gasteiger charge is 2.04. The highest BCUT2D eigenvalue weighted by molar-refractivity contribution is 5.24. The summed E-state index contributed by atoms with van der Waals surface area (Å²) in [6.07, 6.45) is 4.05. The summed E-state index contributed by atoms with van der Waals surface area (Å²) in [7, 11) is 0. The fraction of sp³-hybridized carbons (Fsp3) is 0.647. The van der Waals surface area contributed by atoms with Crippen LogP contribution < -0.4 is 5.32 Å². The van der Waals surface area contributed by atoms with Crippen molar-refractivity contribution < 1.29 is 4.74 Å². The van der Waals surface area contributed by atoms with Crippen molar-refractivity contribution in [1.29, 1.82) is 0 Å². The largest absolute Gasteiger partial charge is 0.377 e. The van der Waals surface area contributed by atoms with Gasteiger partial charge in [0.1, 0.15) is 0 Å². The Hall–Kier alpha value is -0.860. The summed E-state index contributed by atoms with van der Waals surface area (Å²) < 4.78 is 5.53. The number of hydrogen-bond acceptors (Lipinski definition) is 2. The van der Waals surface area contributed by atoms with Crippen molar-refractivity contribution in [3.8, 4) is 0 Å². The molecule has 0 aromatic heterocycles. The Morgan fingerprint density at radius 2 is 1.79 bits per heavy atom. The third kappa shape index (κ3) is 6.74. The molecular weight excluding hydrogens is 234 g/mol. The molecule has 108 valence electrons. The molecule has 1 rings (SSSR count). The summed E-state index contributed by atoms with van der Waals surface area (Å²) in [4.78, 5) is 0. The predicted molar refractivity (Wildman–Crippen MR) is 82.6 cm³/mol. The molecule has 1 atom stereocenters. The number of ether oxygens (including phenoxy) is 1. The second-order valence-corrected chi connectivity index (χ2v) is 5.44. The van der Waals surface area contributed by atoms with E-state index in [9.17, 15) is 0 Å². The zero-order valence-corrected chi connectivity index (χ0v) is 12.9. The first-order chi connectivity index (χ1) is 9.13. The maximum absolute atomic E-state index is 5.53. The molecule has 0 amide bonds. The van der Waals surface area contributed by atoms with Crippen molar-refractivity contribution in [3.05, 3.63) is 35.4 Å². The van der Waals surface area contributed by atoms with Crippen LogP contribution in [-0.4, -0.2) is 19.3 Å². The van der Waals surface area contributed by atoms with Gasteiger partial charge in [0.05, 0.1) is 12.7 Å². The highest BCUT2D eigenvalue weighted by atomic mass is 16.5. The normalized spacial score (nSPS) is 12.9. The van der Waals surface area contributed by atoms with Crippen molar-refractivity contribution in [2.45, 2.75) is 59.1 Å². The van der Waals surface area contributed by atoms with Crippen LogP contribution in [0, 0.1) is 0 Å². The maximum Gasteiger partial charge on any atom is 0.0594 e. The Kier molecular flexibility index (Phi) is 7.76. The van der Waals surface area contributed by atoms with Crippen LogP contribution >= 0.6 is 0 Å². The molecule has 1 aromatic carbocycles. The van der Waals surface area contributed by atoms with Gasteiger partial charge in [0, 0.05) is 12.6 Å². The van der Waals surface area contributed by atoms with Gasteiger partial charge in [0.15, 0.2) is 0 Å². The number of rotatable bonds is 9. The molecule has 0 radical (unpaired) electrons. The van der Waals surface area contributed by atoms with Gasteiger partial charge in [-0.15, -0.1) is 0 Å². The van der Waals surface area contributed by atoms with Crippen LogP contribution in [0.2, 0.25) is 0 Å². The summed E-state index contributed by atoms with van der Waals surface area (Å²) in [6.45, 7) is 10.3. The minimum Gasteiger partial charge on any atom is -0.377 e. The zero-order valence-electron chi connectivity index (χ0n) is 12.9.